The van der Waals surface area contributed by atoms with E-state index in [2.05, 4.69) is 56.7 Å². The molecule has 2 radical (unpaired) electrons. The van der Waals surface area contributed by atoms with E-state index in [0.717, 1.165) is 0 Å². The Balaban J connectivity index is 2.29. The molecule has 0 unspecified atom stereocenters. The van der Waals surface area contributed by atoms with E-state index in [1.807, 2.05) is 0 Å². The molecule has 0 fully saturated rings. The first-order chi connectivity index (χ1) is 7.25. The summed E-state index contributed by atoms with van der Waals surface area (Å²) >= 11 is 0. The molecule has 1 aliphatic rings. The molecular formula is C15H12. The smallest absolute Gasteiger partial charge is 0.0218 e. The summed E-state index contributed by atoms with van der Waals surface area (Å²) in [4.78, 5) is 0. The number of aryl methyl sites for hydroxylation is 2. The number of benzene rings is 2. The van der Waals surface area contributed by atoms with Crippen molar-refractivity contribution >= 4 is 0 Å². The van der Waals surface area contributed by atoms with Gasteiger partial charge in [0.25, 0.3) is 0 Å². The van der Waals surface area contributed by atoms with Gasteiger partial charge in [-0.15, -0.1) is 0 Å². The molecule has 72 valence electrons. The van der Waals surface area contributed by atoms with E-state index in [9.17, 15) is 0 Å². The van der Waals surface area contributed by atoms with Gasteiger partial charge in [-0.3, -0.25) is 0 Å². The van der Waals surface area contributed by atoms with Crippen LogP contribution in [0, 0.1) is 26.3 Å². The van der Waals surface area contributed by atoms with E-state index in [1.54, 1.807) is 0 Å². The topological polar surface area (TPSA) is 0 Å². The second kappa shape index (κ2) is 2.96. The van der Waals surface area contributed by atoms with E-state index in [1.165, 1.54) is 33.4 Å². The highest BCUT2D eigenvalue weighted by atomic mass is 14.2. The Morgan fingerprint density at radius 3 is 2.67 bits per heavy atom. The van der Waals surface area contributed by atoms with Gasteiger partial charge in [0.1, 0.15) is 0 Å². The van der Waals surface area contributed by atoms with Crippen molar-refractivity contribution in [2.75, 3.05) is 0 Å². The maximum absolute atomic E-state index is 3.45. The lowest BCUT2D eigenvalue weighted by atomic mass is 10.00. The molecule has 2 aromatic carbocycles. The molecule has 0 amide bonds. The molecular weight excluding hydrogens is 180 g/mol. The number of fused-ring (bicyclic) bond motifs is 3. The van der Waals surface area contributed by atoms with Gasteiger partial charge in [-0.25, -0.2) is 0 Å². The van der Waals surface area contributed by atoms with Crippen LogP contribution in [0.25, 0.3) is 11.1 Å². The first-order valence-electron chi connectivity index (χ1n) is 5.23. The Labute approximate surface area is 90.6 Å². The molecule has 0 saturated carbocycles. The van der Waals surface area contributed by atoms with Gasteiger partial charge in [0, 0.05) is 6.42 Å². The van der Waals surface area contributed by atoms with E-state index in [0.29, 0.717) is 0 Å². The average molecular weight is 192 g/mol. The van der Waals surface area contributed by atoms with Gasteiger partial charge in [0.15, 0.2) is 0 Å². The number of rotatable bonds is 0. The SMILES string of the molecule is Cc1[c]c2c(cc1C)-c1ccccc1[CH]2. The summed E-state index contributed by atoms with van der Waals surface area (Å²) in [5, 5.41) is 0. The van der Waals surface area contributed by atoms with Gasteiger partial charge in [-0.1, -0.05) is 30.3 Å². The van der Waals surface area contributed by atoms with Gasteiger partial charge < -0.3 is 0 Å². The summed E-state index contributed by atoms with van der Waals surface area (Å²) in [5.74, 6) is 0. The Morgan fingerprint density at radius 1 is 1.00 bits per heavy atom. The van der Waals surface area contributed by atoms with Crippen molar-refractivity contribution in [3.05, 3.63) is 65.1 Å². The monoisotopic (exact) mass is 192 g/mol. The highest BCUT2D eigenvalue weighted by Crippen LogP contribution is 2.38. The van der Waals surface area contributed by atoms with Crippen LogP contribution in [0.5, 0.6) is 0 Å². The lowest BCUT2D eigenvalue weighted by molar-refractivity contribution is 1.32. The van der Waals surface area contributed by atoms with E-state index >= 15 is 0 Å². The first kappa shape index (κ1) is 8.72. The summed E-state index contributed by atoms with van der Waals surface area (Å²) in [6.07, 6.45) is 2.22. The van der Waals surface area contributed by atoms with E-state index in [-0.39, 0.29) is 0 Å². The van der Waals surface area contributed by atoms with E-state index < -0.39 is 0 Å². The third-order valence-electron chi connectivity index (χ3n) is 3.12. The second-order valence-corrected chi connectivity index (χ2v) is 4.14. The molecule has 0 heteroatoms. The molecule has 0 spiro atoms. The summed E-state index contributed by atoms with van der Waals surface area (Å²) in [7, 11) is 0. The molecule has 2 aromatic rings. The van der Waals surface area contributed by atoms with Crippen LogP contribution in [0.2, 0.25) is 0 Å². The fourth-order valence-electron chi connectivity index (χ4n) is 2.13. The summed E-state index contributed by atoms with van der Waals surface area (Å²) < 4.78 is 0. The standard InChI is InChI=1S/C15H12/c1-10-7-13-9-12-5-3-4-6-14(12)15(13)8-11(10)2/h3-6,8-9H,1-2H3. The van der Waals surface area contributed by atoms with Crippen molar-refractivity contribution in [2.24, 2.45) is 0 Å². The quantitative estimate of drug-likeness (QED) is 0.509. The van der Waals surface area contributed by atoms with Crippen LogP contribution in [-0.4, -0.2) is 0 Å². The Morgan fingerprint density at radius 2 is 1.80 bits per heavy atom. The third-order valence-corrected chi connectivity index (χ3v) is 3.12. The minimum Gasteiger partial charge on any atom is -0.0619 e. The highest BCUT2D eigenvalue weighted by molar-refractivity contribution is 5.81. The van der Waals surface area contributed by atoms with Crippen molar-refractivity contribution in [2.45, 2.75) is 13.8 Å². The zero-order chi connectivity index (χ0) is 10.4. The molecule has 1 aliphatic carbocycles. The zero-order valence-corrected chi connectivity index (χ0v) is 8.96. The van der Waals surface area contributed by atoms with Crippen molar-refractivity contribution in [3.63, 3.8) is 0 Å². The van der Waals surface area contributed by atoms with Gasteiger partial charge >= 0.3 is 0 Å². The highest BCUT2D eigenvalue weighted by Gasteiger charge is 2.18. The maximum atomic E-state index is 3.45. The summed E-state index contributed by atoms with van der Waals surface area (Å²) in [6, 6.07) is 14.2. The van der Waals surface area contributed by atoms with Crippen LogP contribution < -0.4 is 0 Å². The molecule has 15 heavy (non-hydrogen) atoms. The van der Waals surface area contributed by atoms with Gasteiger partial charge in [0.05, 0.1) is 0 Å². The van der Waals surface area contributed by atoms with Crippen LogP contribution in [0.3, 0.4) is 0 Å². The lowest BCUT2D eigenvalue weighted by Crippen LogP contribution is -1.86. The fourth-order valence-corrected chi connectivity index (χ4v) is 2.13. The van der Waals surface area contributed by atoms with Gasteiger partial charge in [-0.2, -0.15) is 0 Å². The van der Waals surface area contributed by atoms with Crippen LogP contribution >= 0.6 is 0 Å². The van der Waals surface area contributed by atoms with Crippen LogP contribution in [0.4, 0.5) is 0 Å². The van der Waals surface area contributed by atoms with Gasteiger partial charge in [0.2, 0.25) is 0 Å². The molecule has 0 saturated heterocycles. The van der Waals surface area contributed by atoms with Crippen LogP contribution in [-0.2, 0) is 0 Å². The molecule has 0 aromatic heterocycles. The number of hydrogen-bond acceptors (Lipinski definition) is 0. The van der Waals surface area contributed by atoms with Crippen molar-refractivity contribution in [1.29, 1.82) is 0 Å². The van der Waals surface area contributed by atoms with Crippen LogP contribution in [0.15, 0.2) is 30.3 Å². The Hall–Kier alpha value is -1.56. The minimum absolute atomic E-state index is 1.24. The molecule has 3 rings (SSSR count). The molecule has 0 atom stereocenters. The second-order valence-electron chi connectivity index (χ2n) is 4.14. The molecule has 0 aliphatic heterocycles. The normalized spacial score (nSPS) is 12.4. The number of hydrogen-bond donors (Lipinski definition) is 0. The van der Waals surface area contributed by atoms with Crippen molar-refractivity contribution < 1.29 is 0 Å². The average Bonchev–Trinajstić information content (AvgIpc) is 2.57. The van der Waals surface area contributed by atoms with E-state index in [4.69, 9.17) is 0 Å². The third kappa shape index (κ3) is 1.21. The fraction of sp³-hybridized carbons (Fsp3) is 0.133. The molecule has 0 N–H and O–H groups in total. The first-order valence-corrected chi connectivity index (χ1v) is 5.23. The minimum atomic E-state index is 1.24. The molecule has 0 bridgehead atoms. The van der Waals surface area contributed by atoms with Crippen molar-refractivity contribution in [3.8, 4) is 11.1 Å². The summed E-state index contributed by atoms with van der Waals surface area (Å²) in [5.41, 5.74) is 7.78. The lowest BCUT2D eigenvalue weighted by Gasteiger charge is -2.04. The van der Waals surface area contributed by atoms with Gasteiger partial charge in [-0.05, 0) is 53.3 Å². The maximum Gasteiger partial charge on any atom is 0.0218 e. The Bertz CT molecular complexity index is 536. The van der Waals surface area contributed by atoms with Crippen molar-refractivity contribution in [1.82, 2.24) is 0 Å². The predicted octanol–water partition coefficient (Wildman–Crippen LogP) is 3.68. The Kier molecular flexibility index (Phi) is 1.72. The summed E-state index contributed by atoms with van der Waals surface area (Å²) in [6.45, 7) is 4.26. The predicted molar refractivity (Wildman–Crippen MR) is 62.7 cm³/mol. The molecule has 0 heterocycles. The largest absolute Gasteiger partial charge is 0.0619 e. The molecule has 0 nitrogen and oxygen atoms in total. The van der Waals surface area contributed by atoms with Crippen LogP contribution in [0.1, 0.15) is 22.3 Å². The zero-order valence-electron chi connectivity index (χ0n) is 8.96.